The maximum atomic E-state index is 5.57. The predicted molar refractivity (Wildman–Crippen MR) is 82.8 cm³/mol. The Bertz CT molecular complexity index is 420. The molecule has 6 heteroatoms. The summed E-state index contributed by atoms with van der Waals surface area (Å²) in [6.45, 7) is 7.97. The van der Waals surface area contributed by atoms with Crippen LogP contribution in [0, 0.1) is 0 Å². The summed E-state index contributed by atoms with van der Waals surface area (Å²) < 4.78 is 10.7. The summed E-state index contributed by atoms with van der Waals surface area (Å²) in [5, 5.41) is 3.46. The minimum atomic E-state index is 0.110. The predicted octanol–water partition coefficient (Wildman–Crippen LogP) is 1.79. The molecule has 2 rings (SSSR count). The molecule has 1 saturated heterocycles. The van der Waals surface area contributed by atoms with Crippen LogP contribution >= 0.6 is 0 Å². The summed E-state index contributed by atoms with van der Waals surface area (Å²) in [5.74, 6) is 1.37. The molecule has 21 heavy (non-hydrogen) atoms. The molecular weight excluding hydrogens is 268 g/mol. The van der Waals surface area contributed by atoms with Gasteiger partial charge in [-0.2, -0.15) is 4.98 Å². The van der Waals surface area contributed by atoms with Crippen molar-refractivity contribution in [2.75, 3.05) is 38.7 Å². The van der Waals surface area contributed by atoms with E-state index in [1.807, 2.05) is 13.8 Å². The Morgan fingerprint density at radius 1 is 1.33 bits per heavy atom. The van der Waals surface area contributed by atoms with Gasteiger partial charge in [-0.05, 0) is 26.7 Å². The highest BCUT2D eigenvalue weighted by atomic mass is 16.5. The van der Waals surface area contributed by atoms with E-state index < -0.39 is 0 Å². The van der Waals surface area contributed by atoms with Gasteiger partial charge in [-0.25, -0.2) is 0 Å². The van der Waals surface area contributed by atoms with Gasteiger partial charge in [0.2, 0.25) is 5.88 Å². The van der Waals surface area contributed by atoms with Crippen molar-refractivity contribution < 1.29 is 9.47 Å². The fourth-order valence-electron chi connectivity index (χ4n) is 2.45. The van der Waals surface area contributed by atoms with Gasteiger partial charge in [0.05, 0.1) is 25.1 Å². The molecule has 1 aromatic rings. The third-order valence-electron chi connectivity index (χ3n) is 3.52. The molecule has 0 aromatic carbocycles. The van der Waals surface area contributed by atoms with Gasteiger partial charge in [0.15, 0.2) is 0 Å². The first-order valence-electron chi connectivity index (χ1n) is 7.64. The van der Waals surface area contributed by atoms with E-state index >= 15 is 0 Å². The van der Waals surface area contributed by atoms with Crippen molar-refractivity contribution in [3.05, 3.63) is 12.4 Å². The van der Waals surface area contributed by atoms with Crippen LogP contribution in [0.2, 0.25) is 0 Å². The average Bonchev–Trinajstić information content (AvgIpc) is 2.46. The Labute approximate surface area is 126 Å². The van der Waals surface area contributed by atoms with Crippen LogP contribution < -0.4 is 10.1 Å². The zero-order valence-corrected chi connectivity index (χ0v) is 13.2. The van der Waals surface area contributed by atoms with Crippen LogP contribution in [-0.2, 0) is 4.74 Å². The smallest absolute Gasteiger partial charge is 0.234 e. The summed E-state index contributed by atoms with van der Waals surface area (Å²) in [6.07, 6.45) is 5.74. The number of hydrogen-bond acceptors (Lipinski definition) is 6. The minimum absolute atomic E-state index is 0.110. The molecule has 1 aromatic heterocycles. The Balaban J connectivity index is 1.80. The van der Waals surface area contributed by atoms with E-state index in [2.05, 4.69) is 20.2 Å². The van der Waals surface area contributed by atoms with Gasteiger partial charge in [-0.15, -0.1) is 0 Å². The minimum Gasteiger partial charge on any atom is -0.474 e. The van der Waals surface area contributed by atoms with Gasteiger partial charge in [0, 0.05) is 32.8 Å². The molecule has 1 fully saturated rings. The van der Waals surface area contributed by atoms with E-state index in [0.717, 1.165) is 44.9 Å². The second-order valence-corrected chi connectivity index (χ2v) is 5.66. The van der Waals surface area contributed by atoms with Crippen molar-refractivity contribution in [1.29, 1.82) is 0 Å². The number of likely N-dealkylation sites (tertiary alicyclic amines) is 1. The van der Waals surface area contributed by atoms with Crippen molar-refractivity contribution in [3.63, 3.8) is 0 Å². The van der Waals surface area contributed by atoms with E-state index in [-0.39, 0.29) is 6.10 Å². The third kappa shape index (κ3) is 5.47. The van der Waals surface area contributed by atoms with E-state index in [9.17, 15) is 0 Å². The first-order chi connectivity index (χ1) is 10.2. The lowest BCUT2D eigenvalue weighted by Gasteiger charge is -2.32. The van der Waals surface area contributed by atoms with Crippen molar-refractivity contribution in [1.82, 2.24) is 14.9 Å². The van der Waals surface area contributed by atoms with Crippen LogP contribution in [0.4, 0.5) is 5.82 Å². The summed E-state index contributed by atoms with van der Waals surface area (Å²) in [7, 11) is 1.75. The molecule has 2 heterocycles. The van der Waals surface area contributed by atoms with Crippen LogP contribution in [0.5, 0.6) is 5.88 Å². The first-order valence-corrected chi connectivity index (χ1v) is 7.64. The molecule has 0 radical (unpaired) electrons. The van der Waals surface area contributed by atoms with E-state index in [1.54, 1.807) is 19.5 Å². The number of rotatable bonds is 7. The summed E-state index contributed by atoms with van der Waals surface area (Å²) >= 11 is 0. The zero-order chi connectivity index (χ0) is 15.1. The Hall–Kier alpha value is -1.40. The molecule has 0 saturated carbocycles. The van der Waals surface area contributed by atoms with E-state index in [0.29, 0.717) is 11.9 Å². The summed E-state index contributed by atoms with van der Waals surface area (Å²) in [6, 6.07) is 0.451. The van der Waals surface area contributed by atoms with Gasteiger partial charge in [-0.3, -0.25) is 4.98 Å². The largest absolute Gasteiger partial charge is 0.474 e. The summed E-state index contributed by atoms with van der Waals surface area (Å²) in [5.41, 5.74) is 0. The van der Waals surface area contributed by atoms with Crippen LogP contribution in [0.3, 0.4) is 0 Å². The molecule has 0 aliphatic carbocycles. The zero-order valence-electron chi connectivity index (χ0n) is 13.2. The van der Waals surface area contributed by atoms with Gasteiger partial charge >= 0.3 is 0 Å². The van der Waals surface area contributed by atoms with Gasteiger partial charge < -0.3 is 19.7 Å². The molecule has 6 nitrogen and oxygen atoms in total. The van der Waals surface area contributed by atoms with Crippen LogP contribution in [-0.4, -0.2) is 60.4 Å². The quantitative estimate of drug-likeness (QED) is 0.827. The number of hydrogen-bond donors (Lipinski definition) is 1. The highest BCUT2D eigenvalue weighted by Gasteiger charge is 2.19. The number of nitrogens with zero attached hydrogens (tertiary/aromatic N) is 3. The van der Waals surface area contributed by atoms with Crippen LogP contribution in [0.25, 0.3) is 0 Å². The van der Waals surface area contributed by atoms with Crippen LogP contribution in [0.1, 0.15) is 26.7 Å². The van der Waals surface area contributed by atoms with Gasteiger partial charge in [-0.1, -0.05) is 0 Å². The van der Waals surface area contributed by atoms with Crippen LogP contribution in [0.15, 0.2) is 12.4 Å². The Morgan fingerprint density at radius 3 is 2.76 bits per heavy atom. The molecule has 0 spiro atoms. The normalized spacial score (nSPS) is 17.1. The molecule has 1 aliphatic heterocycles. The monoisotopic (exact) mass is 294 g/mol. The van der Waals surface area contributed by atoms with Crippen molar-refractivity contribution in [2.45, 2.75) is 38.8 Å². The van der Waals surface area contributed by atoms with Crippen molar-refractivity contribution in [3.8, 4) is 5.88 Å². The molecule has 0 bridgehead atoms. The van der Waals surface area contributed by atoms with Gasteiger partial charge in [0.25, 0.3) is 0 Å². The molecular formula is C15H26N4O2. The molecule has 1 N–H and O–H groups in total. The van der Waals surface area contributed by atoms with Gasteiger partial charge in [0.1, 0.15) is 5.82 Å². The number of methoxy groups -OCH3 is 1. The fourth-order valence-corrected chi connectivity index (χ4v) is 2.45. The molecule has 1 aliphatic rings. The maximum Gasteiger partial charge on any atom is 0.234 e. The average molecular weight is 294 g/mol. The number of ether oxygens (including phenoxy) is 2. The number of nitrogens with one attached hydrogen (secondary N) is 1. The second-order valence-electron chi connectivity index (χ2n) is 5.66. The molecule has 0 unspecified atom stereocenters. The highest BCUT2D eigenvalue weighted by molar-refractivity contribution is 5.34. The lowest BCUT2D eigenvalue weighted by atomic mass is 10.1. The summed E-state index contributed by atoms with van der Waals surface area (Å²) in [4.78, 5) is 11.1. The fraction of sp³-hybridized carbons (Fsp3) is 0.733. The highest BCUT2D eigenvalue weighted by Crippen LogP contribution is 2.16. The van der Waals surface area contributed by atoms with E-state index in [1.165, 1.54) is 0 Å². The topological polar surface area (TPSA) is 59.5 Å². The lowest BCUT2D eigenvalue weighted by molar-refractivity contribution is 0.132. The standard InChI is InChI=1S/C15H26N4O2/c1-12(2)21-15-11-16-10-14(18-15)17-13-4-6-19(7-5-13)8-9-20-3/h10-13H,4-9H2,1-3H3,(H,17,18). The third-order valence-corrected chi connectivity index (χ3v) is 3.52. The Kier molecular flexibility index (Phi) is 6.20. The second kappa shape index (κ2) is 8.14. The molecule has 0 amide bonds. The Morgan fingerprint density at radius 2 is 2.10 bits per heavy atom. The number of aromatic nitrogens is 2. The lowest BCUT2D eigenvalue weighted by Crippen LogP contribution is -2.40. The maximum absolute atomic E-state index is 5.57. The van der Waals surface area contributed by atoms with Crippen molar-refractivity contribution in [2.24, 2.45) is 0 Å². The molecule has 0 atom stereocenters. The SMILES string of the molecule is COCCN1CCC(Nc2cncc(OC(C)C)n2)CC1. The first kappa shape index (κ1) is 16.0. The van der Waals surface area contributed by atoms with E-state index in [4.69, 9.17) is 9.47 Å². The number of piperidine rings is 1. The van der Waals surface area contributed by atoms with Crippen molar-refractivity contribution >= 4 is 5.82 Å². The molecule has 118 valence electrons. The number of anilines is 1.